The van der Waals surface area contributed by atoms with Gasteiger partial charge in [-0.05, 0) is 38.3 Å². The topological polar surface area (TPSA) is 111 Å². The lowest BCUT2D eigenvalue weighted by atomic mass is 10.2. The highest BCUT2D eigenvalue weighted by Gasteiger charge is 2.32. The molecule has 3 heterocycles. The molecule has 0 spiro atoms. The number of anilines is 1. The molecule has 0 aliphatic carbocycles. The molecule has 0 atom stereocenters. The standard InChI is InChI=1S/C22H25ClN4O5S2/c1-13-9-16(17(32-3)10-15(13)23)25-18(28)11-26-12-24-21-19(22(26)29)20(14(2)33-21)34(30,31)27-7-5-4-6-8-27/h9-10,12H,4-8,11H2,1-3H3,(H,25,28). The number of piperidine rings is 1. The summed E-state index contributed by atoms with van der Waals surface area (Å²) >= 11 is 7.28. The summed E-state index contributed by atoms with van der Waals surface area (Å²) in [7, 11) is -2.39. The first-order chi connectivity index (χ1) is 16.1. The number of aromatic nitrogens is 2. The van der Waals surface area contributed by atoms with Gasteiger partial charge in [0.2, 0.25) is 15.9 Å². The molecule has 0 saturated carbocycles. The van der Waals surface area contributed by atoms with Gasteiger partial charge in [0, 0.05) is 29.1 Å². The highest BCUT2D eigenvalue weighted by Crippen LogP contribution is 2.34. The van der Waals surface area contributed by atoms with Crippen LogP contribution in [0.15, 0.2) is 28.2 Å². The molecule has 1 fully saturated rings. The average Bonchev–Trinajstić information content (AvgIpc) is 3.16. The van der Waals surface area contributed by atoms with Gasteiger partial charge in [0.15, 0.2) is 0 Å². The molecule has 12 heteroatoms. The van der Waals surface area contributed by atoms with Crippen LogP contribution in [0.1, 0.15) is 29.7 Å². The van der Waals surface area contributed by atoms with Crippen LogP contribution >= 0.6 is 22.9 Å². The molecule has 1 N–H and O–H groups in total. The Kier molecular flexibility index (Phi) is 6.99. The molecule has 1 aliphatic heterocycles. The van der Waals surface area contributed by atoms with Crippen LogP contribution < -0.4 is 15.6 Å². The Morgan fingerprint density at radius 2 is 1.94 bits per heavy atom. The fraction of sp³-hybridized carbons (Fsp3) is 0.409. The molecule has 4 rings (SSSR count). The van der Waals surface area contributed by atoms with Crippen molar-refractivity contribution in [3.8, 4) is 5.75 Å². The predicted octanol–water partition coefficient (Wildman–Crippen LogP) is 3.55. The van der Waals surface area contributed by atoms with Crippen molar-refractivity contribution in [3.05, 3.63) is 44.3 Å². The second kappa shape index (κ2) is 9.65. The second-order valence-electron chi connectivity index (χ2n) is 8.16. The van der Waals surface area contributed by atoms with Crippen LogP contribution in [0.3, 0.4) is 0 Å². The molecule has 182 valence electrons. The number of methoxy groups -OCH3 is 1. The van der Waals surface area contributed by atoms with Gasteiger partial charge in [-0.2, -0.15) is 4.31 Å². The van der Waals surface area contributed by atoms with Crippen molar-refractivity contribution in [1.29, 1.82) is 0 Å². The number of nitrogens with zero attached hydrogens (tertiary/aromatic N) is 3. The van der Waals surface area contributed by atoms with Crippen molar-refractivity contribution in [3.63, 3.8) is 0 Å². The Balaban J connectivity index is 1.68. The minimum Gasteiger partial charge on any atom is -0.495 e. The molecule has 1 amide bonds. The van der Waals surface area contributed by atoms with Crippen LogP contribution in [0.4, 0.5) is 5.69 Å². The van der Waals surface area contributed by atoms with E-state index in [1.807, 2.05) is 0 Å². The average molecular weight is 525 g/mol. The molecule has 0 unspecified atom stereocenters. The summed E-state index contributed by atoms with van der Waals surface area (Å²) in [5.41, 5.74) is 0.592. The largest absolute Gasteiger partial charge is 0.495 e. The Morgan fingerprint density at radius 3 is 2.62 bits per heavy atom. The summed E-state index contributed by atoms with van der Waals surface area (Å²) < 4.78 is 34.6. The summed E-state index contributed by atoms with van der Waals surface area (Å²) in [6.07, 6.45) is 3.83. The van der Waals surface area contributed by atoms with E-state index in [2.05, 4.69) is 10.3 Å². The normalized spacial score (nSPS) is 14.9. The van der Waals surface area contributed by atoms with E-state index < -0.39 is 21.5 Å². The number of carbonyl (C=O) groups excluding carboxylic acids is 1. The van der Waals surface area contributed by atoms with Crippen molar-refractivity contribution in [2.45, 2.75) is 44.6 Å². The zero-order valence-corrected chi connectivity index (χ0v) is 21.4. The van der Waals surface area contributed by atoms with Gasteiger partial charge in [-0.15, -0.1) is 11.3 Å². The number of carbonyl (C=O) groups is 1. The van der Waals surface area contributed by atoms with Crippen LogP contribution in [-0.2, 0) is 21.4 Å². The van der Waals surface area contributed by atoms with Crippen molar-refractivity contribution < 1.29 is 17.9 Å². The van der Waals surface area contributed by atoms with Gasteiger partial charge < -0.3 is 10.1 Å². The van der Waals surface area contributed by atoms with Crippen LogP contribution in [0.2, 0.25) is 5.02 Å². The minimum atomic E-state index is -3.85. The number of thiophene rings is 1. The molecular formula is C22H25ClN4O5S2. The smallest absolute Gasteiger partial charge is 0.263 e. The SMILES string of the molecule is COc1cc(Cl)c(C)cc1NC(=O)Cn1cnc2sc(C)c(S(=O)(=O)N3CCCCC3)c2c1=O. The van der Waals surface area contributed by atoms with Gasteiger partial charge in [0.05, 0.1) is 24.5 Å². The Bertz CT molecular complexity index is 1430. The maximum atomic E-state index is 13.4. The quantitative estimate of drug-likeness (QED) is 0.528. The summed E-state index contributed by atoms with van der Waals surface area (Å²) in [5, 5.41) is 3.25. The van der Waals surface area contributed by atoms with Crippen molar-refractivity contribution >= 4 is 54.8 Å². The molecule has 1 aromatic carbocycles. The third-order valence-electron chi connectivity index (χ3n) is 5.78. The first-order valence-corrected chi connectivity index (χ1v) is 13.4. The molecule has 3 aromatic rings. The van der Waals surface area contributed by atoms with E-state index in [0.29, 0.717) is 39.3 Å². The van der Waals surface area contributed by atoms with E-state index in [4.69, 9.17) is 16.3 Å². The number of benzene rings is 1. The molecule has 2 aromatic heterocycles. The fourth-order valence-corrected chi connectivity index (χ4v) is 7.38. The minimum absolute atomic E-state index is 0.00310. The van der Waals surface area contributed by atoms with E-state index in [1.54, 1.807) is 26.0 Å². The summed E-state index contributed by atoms with van der Waals surface area (Å²) in [4.78, 5) is 31.2. The highest BCUT2D eigenvalue weighted by molar-refractivity contribution is 7.89. The van der Waals surface area contributed by atoms with Crippen LogP contribution in [0.5, 0.6) is 5.75 Å². The summed E-state index contributed by atoms with van der Waals surface area (Å²) in [5.74, 6) is -0.107. The number of rotatable bonds is 6. The number of hydrogen-bond donors (Lipinski definition) is 1. The number of halogens is 1. The van der Waals surface area contributed by atoms with Crippen LogP contribution in [0.25, 0.3) is 10.2 Å². The van der Waals surface area contributed by atoms with E-state index in [1.165, 1.54) is 17.7 Å². The summed E-state index contributed by atoms with van der Waals surface area (Å²) in [6, 6.07) is 3.27. The van der Waals surface area contributed by atoms with Crippen molar-refractivity contribution in [1.82, 2.24) is 13.9 Å². The lowest BCUT2D eigenvalue weighted by molar-refractivity contribution is -0.116. The highest BCUT2D eigenvalue weighted by atomic mass is 35.5. The number of aryl methyl sites for hydroxylation is 2. The molecule has 9 nitrogen and oxygen atoms in total. The Hall–Kier alpha value is -2.47. The van der Waals surface area contributed by atoms with Crippen LogP contribution in [0, 0.1) is 13.8 Å². The van der Waals surface area contributed by atoms with Gasteiger partial charge in [-0.1, -0.05) is 18.0 Å². The van der Waals surface area contributed by atoms with E-state index in [-0.39, 0.29) is 16.8 Å². The Labute approximate surface area is 206 Å². The molecule has 0 radical (unpaired) electrons. The zero-order valence-electron chi connectivity index (χ0n) is 19.1. The number of nitrogens with one attached hydrogen (secondary N) is 1. The van der Waals surface area contributed by atoms with Crippen LogP contribution in [-0.4, -0.2) is 48.4 Å². The molecule has 34 heavy (non-hydrogen) atoms. The number of amides is 1. The molecule has 1 saturated heterocycles. The third kappa shape index (κ3) is 4.57. The monoisotopic (exact) mass is 524 g/mol. The maximum Gasteiger partial charge on any atom is 0.263 e. The third-order valence-corrected chi connectivity index (χ3v) is 9.40. The second-order valence-corrected chi connectivity index (χ2v) is 11.6. The van der Waals surface area contributed by atoms with Gasteiger partial charge >= 0.3 is 0 Å². The number of fused-ring (bicyclic) bond motifs is 1. The van der Waals surface area contributed by atoms with Crippen molar-refractivity contribution in [2.75, 3.05) is 25.5 Å². The number of hydrogen-bond acceptors (Lipinski definition) is 7. The number of sulfonamides is 1. The molecule has 1 aliphatic rings. The molecular weight excluding hydrogens is 500 g/mol. The first-order valence-electron chi connectivity index (χ1n) is 10.8. The van der Waals surface area contributed by atoms with Gasteiger partial charge in [0.25, 0.3) is 5.56 Å². The number of ether oxygens (including phenoxy) is 1. The summed E-state index contributed by atoms with van der Waals surface area (Å²) in [6.45, 7) is 3.99. The van der Waals surface area contributed by atoms with Gasteiger partial charge in [-0.3, -0.25) is 14.2 Å². The fourth-order valence-electron chi connectivity index (χ4n) is 4.05. The van der Waals surface area contributed by atoms with Crippen molar-refractivity contribution in [2.24, 2.45) is 0 Å². The molecule has 0 bridgehead atoms. The van der Waals surface area contributed by atoms with E-state index in [9.17, 15) is 18.0 Å². The zero-order chi connectivity index (χ0) is 24.6. The van der Waals surface area contributed by atoms with E-state index >= 15 is 0 Å². The first kappa shape index (κ1) is 24.6. The lowest BCUT2D eigenvalue weighted by Crippen LogP contribution is -2.36. The lowest BCUT2D eigenvalue weighted by Gasteiger charge is -2.25. The van der Waals surface area contributed by atoms with Gasteiger partial charge in [-0.25, -0.2) is 13.4 Å². The predicted molar refractivity (Wildman–Crippen MR) is 133 cm³/mol. The maximum absolute atomic E-state index is 13.4. The van der Waals surface area contributed by atoms with Gasteiger partial charge in [0.1, 0.15) is 22.0 Å². The van der Waals surface area contributed by atoms with E-state index in [0.717, 1.165) is 40.7 Å². The Morgan fingerprint density at radius 1 is 1.24 bits per heavy atom.